The fourth-order valence-corrected chi connectivity index (χ4v) is 19.5. The normalized spacial score (nSPS) is 20.3. The molecule has 3 amide bonds. The number of hydrogen-bond donors (Lipinski definition) is 0. The lowest BCUT2D eigenvalue weighted by molar-refractivity contribution is -0.129. The van der Waals surface area contributed by atoms with Gasteiger partial charge in [-0.25, -0.2) is 29.1 Å². The van der Waals surface area contributed by atoms with Crippen LogP contribution in [-0.2, 0) is 53.3 Å². The second-order valence-corrected chi connectivity index (χ2v) is 33.9. The van der Waals surface area contributed by atoms with Gasteiger partial charge in [0, 0.05) is 152 Å². The predicted molar refractivity (Wildman–Crippen MR) is 519 cm³/mol. The molecule has 0 spiro atoms. The number of carbonyl (C=O) groups excluding carboxylic acids is 3. The van der Waals surface area contributed by atoms with E-state index in [1.54, 1.807) is 27.9 Å². The third kappa shape index (κ3) is 21.1. The second-order valence-electron chi connectivity index (χ2n) is 33.9. The Kier molecular flexibility index (Phi) is 32.0. The smallest absolute Gasteiger partial charge is 0.318 e. The van der Waals surface area contributed by atoms with Crippen molar-refractivity contribution in [1.29, 1.82) is 0 Å². The fourth-order valence-electron chi connectivity index (χ4n) is 19.5. The number of benzene rings is 5. The molecule has 33 heteroatoms. The molecular weight excluding hydrogens is 1690 g/mol. The number of aromatic nitrogens is 7. The minimum absolute atomic E-state index is 0. The van der Waals surface area contributed by atoms with Crippen LogP contribution in [-0.4, -0.2) is 284 Å². The van der Waals surface area contributed by atoms with Crippen LogP contribution in [0.4, 0.5) is 39.0 Å². The number of carbonyl (C=O) groups is 3. The van der Waals surface area contributed by atoms with Crippen LogP contribution >= 0.6 is 40.5 Å². The first-order valence-corrected chi connectivity index (χ1v) is 44.1. The summed E-state index contributed by atoms with van der Waals surface area (Å²) < 4.78 is 39.0. The summed E-state index contributed by atoms with van der Waals surface area (Å²) in [6, 6.07) is 35.3. The molecule has 9 aromatic rings. The Morgan fingerprint density at radius 1 is 0.426 bits per heavy atom. The number of nitrogens with zero attached hydrogens (tertiary/aromatic N) is 22. The van der Waals surface area contributed by atoms with Crippen molar-refractivity contribution in [2.75, 3.05) is 195 Å². The number of likely N-dealkylation sites (tertiary alicyclic amines) is 3. The van der Waals surface area contributed by atoms with Crippen LogP contribution in [0.2, 0.25) is 0 Å². The van der Waals surface area contributed by atoms with Gasteiger partial charge in [-0.3, -0.25) is 14.4 Å². The van der Waals surface area contributed by atoms with E-state index in [4.69, 9.17) is 73.6 Å². The van der Waals surface area contributed by atoms with E-state index < -0.39 is 0 Å². The summed E-state index contributed by atoms with van der Waals surface area (Å²) in [5.41, 5.74) is 8.19. The zero-order valence-corrected chi connectivity index (χ0v) is 77.1. The number of amides is 3. The molecule has 678 valence electrons. The molecule has 5 aromatic carbocycles. The van der Waals surface area contributed by atoms with E-state index in [1.807, 2.05) is 54.7 Å². The minimum Gasteiger partial charge on any atom is -0.497 e. The number of piperazine rings is 3. The van der Waals surface area contributed by atoms with Gasteiger partial charge in [0.1, 0.15) is 72.8 Å². The van der Waals surface area contributed by atoms with E-state index in [1.165, 1.54) is 37.1 Å². The van der Waals surface area contributed by atoms with Crippen LogP contribution in [0, 0.1) is 25.5 Å². The monoisotopic (exact) mass is 1800 g/mol. The average Bonchev–Trinajstić information content (AvgIpc) is 1.47. The van der Waals surface area contributed by atoms with Gasteiger partial charge < -0.3 is 92.3 Å². The molecule has 9 aliphatic heterocycles. The Morgan fingerprint density at radius 3 is 1.24 bits per heavy atom. The van der Waals surface area contributed by atoms with Crippen molar-refractivity contribution in [3.05, 3.63) is 221 Å². The Bertz CT molecular complexity index is 5680. The summed E-state index contributed by atoms with van der Waals surface area (Å²) in [4.78, 5) is 109. The van der Waals surface area contributed by atoms with Crippen molar-refractivity contribution >= 4 is 125 Å². The Hall–Kier alpha value is -11.8. The van der Waals surface area contributed by atoms with E-state index in [-0.39, 0.29) is 102 Å². The van der Waals surface area contributed by atoms with Crippen molar-refractivity contribution in [3.63, 3.8) is 0 Å². The summed E-state index contributed by atoms with van der Waals surface area (Å²) in [6.07, 6.45) is 14.9. The van der Waals surface area contributed by atoms with Crippen molar-refractivity contribution in [2.45, 2.75) is 114 Å². The van der Waals surface area contributed by atoms with Gasteiger partial charge in [-0.05, 0) is 164 Å². The summed E-state index contributed by atoms with van der Waals surface area (Å²) in [7, 11) is 8.09. The third-order valence-corrected chi connectivity index (χ3v) is 26.5. The van der Waals surface area contributed by atoms with Gasteiger partial charge in [0.25, 0.3) is 0 Å². The highest BCUT2D eigenvalue weighted by molar-refractivity contribution is 7.59. The molecule has 0 bridgehead atoms. The standard InChI is InChI=1S/C33H39N7O3.C32H36FN7O2.C31H36N8O2.3H2S/c1-5-31(41)40-17-16-39(20-25(40)19-34-2)32-27-13-15-38(30-10-6-8-23-11-12-26(42-4)18-28(23)30)21-29(27)35-33(36-32)43-22-24-9-7-14-37(24)3;1-4-30(41)40-17-16-39(19-23(40)18-34-2)31-26-13-15-38(29-12-6-9-24-25(29)10-5-11-27(24)33)20-28(26)35-32(36-31)42-21-22-8-7-14-37(22)3;1-4-28(40)39-17-16-38(19-24(39)18-32-2)30-26-12-15-37(29-25-10-6-5-8-22(25)11-13-33-29)20-27(26)34-31(35-30)41-21-23-9-7-14-36(23)3;;;/h5-6,8,10-12,18,24-25H,1,7,9,13-17,19-22H2,3-4H3;4-6,9-12,22-23H,1,7-8,13-21H2,3H3;4-6,8,10-11,13,23-24H,1,7,9,12,14-21H2,3H3;3*1H2/t24-,25?;22-,23?;23-,24?;;;/m000.../s1. The maximum absolute atomic E-state index is 14.6. The quantitative estimate of drug-likeness (QED) is 0.0453. The molecule has 129 heavy (non-hydrogen) atoms. The lowest BCUT2D eigenvalue weighted by Gasteiger charge is -2.41. The highest BCUT2D eigenvalue weighted by Crippen LogP contribution is 2.41. The third-order valence-electron chi connectivity index (χ3n) is 26.5. The van der Waals surface area contributed by atoms with E-state index >= 15 is 0 Å². The highest BCUT2D eigenvalue weighted by Gasteiger charge is 2.40. The molecule has 6 atom stereocenters. The van der Waals surface area contributed by atoms with Crippen LogP contribution in [0.25, 0.3) is 46.9 Å². The van der Waals surface area contributed by atoms with Crippen LogP contribution in [0.3, 0.4) is 0 Å². The molecule has 0 N–H and O–H groups in total. The van der Waals surface area contributed by atoms with Gasteiger partial charge in [0.15, 0.2) is 0 Å². The number of likely N-dealkylation sites (N-methyl/N-ethyl adjacent to an activating group) is 3. The molecule has 0 aliphatic carbocycles. The molecule has 6 saturated heterocycles. The first kappa shape index (κ1) is 94.8. The van der Waals surface area contributed by atoms with Gasteiger partial charge in [0.05, 0.1) is 43.8 Å². The summed E-state index contributed by atoms with van der Waals surface area (Å²) >= 11 is 0. The highest BCUT2D eigenvalue weighted by atomic mass is 32.1. The first-order valence-electron chi connectivity index (χ1n) is 44.1. The molecule has 3 unspecified atom stereocenters. The summed E-state index contributed by atoms with van der Waals surface area (Å²) in [5.74, 6) is 3.67. The number of halogens is 1. The maximum Gasteiger partial charge on any atom is 0.318 e. The minimum atomic E-state index is -0.255. The molecule has 18 rings (SSSR count). The molecular formula is C96H117FN22O7S3. The van der Waals surface area contributed by atoms with E-state index in [2.05, 4.69) is 142 Å². The molecule has 29 nitrogen and oxygen atoms in total. The zero-order chi connectivity index (χ0) is 87.5. The molecule has 6 fully saturated rings. The van der Waals surface area contributed by atoms with E-state index in [0.29, 0.717) is 146 Å². The van der Waals surface area contributed by atoms with Crippen LogP contribution in [0.15, 0.2) is 147 Å². The predicted octanol–water partition coefficient (Wildman–Crippen LogP) is 11.2. The average molecular weight is 1810 g/mol. The number of pyridine rings is 1. The molecule has 0 radical (unpaired) electrons. The number of hydrogen-bond acceptors (Lipinski definition) is 23. The second kappa shape index (κ2) is 43.6. The van der Waals surface area contributed by atoms with Crippen molar-refractivity contribution in [2.24, 2.45) is 0 Å². The van der Waals surface area contributed by atoms with E-state index in [0.717, 1.165) is 179 Å². The molecule has 9 aliphatic rings. The first-order chi connectivity index (χ1) is 61.5. The van der Waals surface area contributed by atoms with Crippen molar-refractivity contribution < 1.29 is 37.7 Å². The fraction of sp³-hybridized carbons (Fsp3) is 0.448. The van der Waals surface area contributed by atoms with Crippen LogP contribution in [0.5, 0.6) is 23.8 Å². The van der Waals surface area contributed by atoms with Crippen molar-refractivity contribution in [1.82, 2.24) is 64.3 Å². The summed E-state index contributed by atoms with van der Waals surface area (Å²) in [5, 5.41) is 6.07. The van der Waals surface area contributed by atoms with Crippen LogP contribution < -0.4 is 48.3 Å². The van der Waals surface area contributed by atoms with Gasteiger partial charge in [-0.15, -0.1) is 0 Å². The van der Waals surface area contributed by atoms with Gasteiger partial charge >= 0.3 is 18.0 Å². The molecule has 13 heterocycles. The van der Waals surface area contributed by atoms with E-state index in [9.17, 15) is 18.8 Å². The number of ether oxygens (including phenoxy) is 4. The summed E-state index contributed by atoms with van der Waals surface area (Å²) in [6.45, 7) is 47.9. The van der Waals surface area contributed by atoms with Gasteiger partial charge in [-0.2, -0.15) is 70.4 Å². The maximum atomic E-state index is 14.6. The number of methoxy groups -OCH3 is 1. The molecule has 0 saturated carbocycles. The lowest BCUT2D eigenvalue weighted by atomic mass is 10.0. The number of fused-ring (bicyclic) bond motifs is 6. The lowest BCUT2D eigenvalue weighted by Crippen LogP contribution is -2.56. The SMILES string of the molecule is S.S.S.[C-]#[N+]CC1CN(c2nc(OC[C@@H]3CCCN3C)nc3c2CCN(c2cccc4c(F)cccc24)C3)CCN1C(=O)C=C.[C-]#[N+]CC1CN(c2nc(OC[C@@H]3CCCN3C)nc3c2CCN(c2cccc4ccc(OC)cc24)C3)CCN1C(=O)C=C.[C-]#[N+]CC1CN(c2nc(OC[C@@H]3CCCN3C)nc3c2CCN(c2nccc4ccccc24)C3)CCN1C(=O)C=C. The largest absolute Gasteiger partial charge is 0.497 e. The van der Waals surface area contributed by atoms with Crippen LogP contribution in [0.1, 0.15) is 72.3 Å². The van der Waals surface area contributed by atoms with Gasteiger partial charge in [0.2, 0.25) is 37.4 Å². The Balaban J connectivity index is 0.000000163. The Morgan fingerprint density at radius 2 is 0.814 bits per heavy atom. The topological polar surface area (TPSA) is 230 Å². The zero-order valence-electron chi connectivity index (χ0n) is 74.1. The molecule has 4 aromatic heterocycles. The number of anilines is 6. The van der Waals surface area contributed by atoms with Gasteiger partial charge in [-0.1, -0.05) is 86.5 Å². The number of rotatable bonds is 22. The van der Waals surface area contributed by atoms with Crippen molar-refractivity contribution in [3.8, 4) is 23.8 Å². The Labute approximate surface area is 776 Å².